The van der Waals surface area contributed by atoms with Gasteiger partial charge in [-0.05, 0) is 18.8 Å². The third kappa shape index (κ3) is 2.05. The van der Waals surface area contributed by atoms with Crippen molar-refractivity contribution in [2.45, 2.75) is 18.4 Å². The molecule has 2 aliphatic carbocycles. The van der Waals surface area contributed by atoms with E-state index in [-0.39, 0.29) is 18.9 Å². The first-order valence-electron chi connectivity index (χ1n) is 5.96. The van der Waals surface area contributed by atoms with Gasteiger partial charge in [0.2, 0.25) is 0 Å². The molecule has 0 spiro atoms. The molecule has 19 heavy (non-hydrogen) atoms. The van der Waals surface area contributed by atoms with Gasteiger partial charge >= 0.3 is 18.0 Å². The van der Waals surface area contributed by atoms with E-state index in [1.807, 2.05) is 0 Å². The molecule has 0 unspecified atom stereocenters. The molecule has 0 aromatic rings. The van der Waals surface area contributed by atoms with E-state index in [0.29, 0.717) is 6.42 Å². The van der Waals surface area contributed by atoms with Gasteiger partial charge in [-0.15, -0.1) is 0 Å². The number of nitrogens with one attached hydrogen (secondary N) is 1. The average Bonchev–Trinajstić information content (AvgIpc) is 2.97. The summed E-state index contributed by atoms with van der Waals surface area (Å²) in [7, 11) is 0. The van der Waals surface area contributed by atoms with Gasteiger partial charge in [-0.3, -0.25) is 4.79 Å². The maximum absolute atomic E-state index is 11.5. The summed E-state index contributed by atoms with van der Waals surface area (Å²) in [5.41, 5.74) is -1.52. The largest absolute Gasteiger partial charge is 0.481 e. The lowest BCUT2D eigenvalue weighted by Gasteiger charge is -2.27. The minimum Gasteiger partial charge on any atom is -0.481 e. The van der Waals surface area contributed by atoms with Crippen molar-refractivity contribution in [3.05, 3.63) is 12.7 Å². The normalized spacial score (nSPS) is 35.1. The second kappa shape index (κ2) is 4.56. The summed E-state index contributed by atoms with van der Waals surface area (Å²) in [6, 6.07) is 0. The first-order valence-corrected chi connectivity index (χ1v) is 5.96. The maximum atomic E-state index is 11.5. The SMILES string of the molecule is C=CCOC(=O)N[C@@]1(C(=O)O)CC[C@H]2[C@@H](C(=O)O)[C@H]21. The Hall–Kier alpha value is -2.05. The third-order valence-electron chi connectivity index (χ3n) is 3.93. The van der Waals surface area contributed by atoms with Gasteiger partial charge in [0, 0.05) is 5.92 Å². The van der Waals surface area contributed by atoms with Gasteiger partial charge in [-0.1, -0.05) is 12.7 Å². The summed E-state index contributed by atoms with van der Waals surface area (Å²) >= 11 is 0. The molecule has 1 amide bonds. The Bertz CT molecular complexity index is 448. The molecule has 0 bridgehead atoms. The number of hydrogen-bond acceptors (Lipinski definition) is 4. The van der Waals surface area contributed by atoms with Gasteiger partial charge in [0.05, 0.1) is 5.92 Å². The first-order chi connectivity index (χ1) is 8.94. The molecule has 7 heteroatoms. The van der Waals surface area contributed by atoms with Gasteiger partial charge < -0.3 is 20.3 Å². The summed E-state index contributed by atoms with van der Waals surface area (Å²) in [6.07, 6.45) is 1.21. The summed E-state index contributed by atoms with van der Waals surface area (Å²) < 4.78 is 4.71. The van der Waals surface area contributed by atoms with E-state index in [4.69, 9.17) is 9.84 Å². The van der Waals surface area contributed by atoms with Crippen LogP contribution in [0.5, 0.6) is 0 Å². The highest BCUT2D eigenvalue weighted by Gasteiger charge is 2.72. The van der Waals surface area contributed by atoms with E-state index >= 15 is 0 Å². The molecule has 7 nitrogen and oxygen atoms in total. The van der Waals surface area contributed by atoms with Crippen molar-refractivity contribution in [2.24, 2.45) is 17.8 Å². The van der Waals surface area contributed by atoms with E-state index < -0.39 is 35.4 Å². The van der Waals surface area contributed by atoms with E-state index in [9.17, 15) is 19.5 Å². The zero-order valence-corrected chi connectivity index (χ0v) is 10.2. The number of alkyl carbamates (subject to hydrolysis) is 1. The van der Waals surface area contributed by atoms with Crippen molar-refractivity contribution in [1.29, 1.82) is 0 Å². The van der Waals surface area contributed by atoms with Crippen molar-refractivity contribution in [3.8, 4) is 0 Å². The van der Waals surface area contributed by atoms with Gasteiger partial charge in [0.15, 0.2) is 0 Å². The summed E-state index contributed by atoms with van der Waals surface area (Å²) in [5.74, 6) is -3.64. The minimum absolute atomic E-state index is 0.0298. The quantitative estimate of drug-likeness (QED) is 0.625. The van der Waals surface area contributed by atoms with Crippen LogP contribution in [0, 0.1) is 17.8 Å². The topological polar surface area (TPSA) is 113 Å². The second-order valence-corrected chi connectivity index (χ2v) is 4.88. The molecule has 0 aliphatic heterocycles. The molecule has 2 aliphatic rings. The Kier molecular flexibility index (Phi) is 3.21. The van der Waals surface area contributed by atoms with Crippen LogP contribution in [0.25, 0.3) is 0 Å². The van der Waals surface area contributed by atoms with Crippen LogP contribution >= 0.6 is 0 Å². The number of carboxylic acids is 2. The molecule has 0 aromatic carbocycles. The molecule has 3 N–H and O–H groups in total. The van der Waals surface area contributed by atoms with Gasteiger partial charge in [0.25, 0.3) is 0 Å². The fourth-order valence-electron chi connectivity index (χ4n) is 3.10. The van der Waals surface area contributed by atoms with E-state index in [2.05, 4.69) is 11.9 Å². The summed E-state index contributed by atoms with van der Waals surface area (Å²) in [4.78, 5) is 34.0. The van der Waals surface area contributed by atoms with Gasteiger partial charge in [-0.2, -0.15) is 0 Å². The molecule has 2 saturated carbocycles. The van der Waals surface area contributed by atoms with Crippen LogP contribution in [0.4, 0.5) is 4.79 Å². The highest BCUT2D eigenvalue weighted by Crippen LogP contribution is 2.62. The number of hydrogen-bond donors (Lipinski definition) is 3. The molecular formula is C12H15NO6. The summed E-state index contributed by atoms with van der Waals surface area (Å²) in [6.45, 7) is 3.35. The third-order valence-corrected chi connectivity index (χ3v) is 3.93. The van der Waals surface area contributed by atoms with E-state index in [0.717, 1.165) is 0 Å². The molecule has 104 valence electrons. The Balaban J connectivity index is 2.12. The van der Waals surface area contributed by atoms with E-state index in [1.165, 1.54) is 6.08 Å². The van der Waals surface area contributed by atoms with Crippen molar-refractivity contribution in [2.75, 3.05) is 6.61 Å². The zero-order chi connectivity index (χ0) is 14.2. The minimum atomic E-state index is -1.52. The van der Waals surface area contributed by atoms with Crippen molar-refractivity contribution in [3.63, 3.8) is 0 Å². The smallest absolute Gasteiger partial charge is 0.408 e. The second-order valence-electron chi connectivity index (χ2n) is 4.88. The molecule has 0 saturated heterocycles. The zero-order valence-electron chi connectivity index (χ0n) is 10.2. The average molecular weight is 269 g/mol. The number of rotatable bonds is 5. The Labute approximate surface area is 109 Å². The number of carboxylic acid groups (broad SMARTS) is 2. The van der Waals surface area contributed by atoms with Crippen LogP contribution in [0.3, 0.4) is 0 Å². The fraction of sp³-hybridized carbons (Fsp3) is 0.583. The molecule has 0 radical (unpaired) electrons. The Morgan fingerprint density at radius 2 is 2.11 bits per heavy atom. The number of aliphatic carboxylic acids is 2. The van der Waals surface area contributed by atoms with Gasteiger partial charge in [0.1, 0.15) is 12.1 Å². The standard InChI is InChI=1S/C12H15NO6/c1-2-5-19-11(18)13-12(10(16)17)4-3-6-7(8(6)12)9(14)15/h2,6-8H,1,3-5H2,(H,13,18)(H,14,15)(H,16,17)/t6-,7+,8-,12-/m0/s1. The molecular weight excluding hydrogens is 254 g/mol. The van der Waals surface area contributed by atoms with Crippen LogP contribution in [-0.4, -0.2) is 40.4 Å². The summed E-state index contributed by atoms with van der Waals surface area (Å²) in [5, 5.41) is 20.7. The van der Waals surface area contributed by atoms with Crippen molar-refractivity contribution >= 4 is 18.0 Å². The number of carbonyl (C=O) groups excluding carboxylic acids is 1. The van der Waals surface area contributed by atoms with Crippen LogP contribution in [0.2, 0.25) is 0 Å². The predicted octanol–water partition coefficient (Wildman–Crippen LogP) is 0.463. The number of fused-ring (bicyclic) bond motifs is 1. The Morgan fingerprint density at radius 3 is 2.58 bits per heavy atom. The Morgan fingerprint density at radius 1 is 1.42 bits per heavy atom. The van der Waals surface area contributed by atoms with Crippen molar-refractivity contribution < 1.29 is 29.3 Å². The van der Waals surface area contributed by atoms with E-state index in [1.54, 1.807) is 0 Å². The van der Waals surface area contributed by atoms with Crippen molar-refractivity contribution in [1.82, 2.24) is 5.32 Å². The van der Waals surface area contributed by atoms with Gasteiger partial charge in [-0.25, -0.2) is 9.59 Å². The highest BCUT2D eigenvalue weighted by molar-refractivity contribution is 5.89. The number of amides is 1. The highest BCUT2D eigenvalue weighted by atomic mass is 16.5. The molecule has 0 heterocycles. The molecule has 2 rings (SSSR count). The predicted molar refractivity (Wildman–Crippen MR) is 62.4 cm³/mol. The number of ether oxygens (including phenoxy) is 1. The molecule has 4 atom stereocenters. The first kappa shape index (κ1) is 13.4. The maximum Gasteiger partial charge on any atom is 0.408 e. The molecule has 2 fully saturated rings. The monoisotopic (exact) mass is 269 g/mol. The lowest BCUT2D eigenvalue weighted by atomic mass is 9.90. The lowest BCUT2D eigenvalue weighted by molar-refractivity contribution is -0.146. The number of carbonyl (C=O) groups is 3. The lowest BCUT2D eigenvalue weighted by Crippen LogP contribution is -2.56. The van der Waals surface area contributed by atoms with Crippen LogP contribution in [0.15, 0.2) is 12.7 Å². The van der Waals surface area contributed by atoms with Crippen LogP contribution in [0.1, 0.15) is 12.8 Å². The molecule has 0 aromatic heterocycles. The van der Waals surface area contributed by atoms with Crippen LogP contribution < -0.4 is 5.32 Å². The fourth-order valence-corrected chi connectivity index (χ4v) is 3.10. The van der Waals surface area contributed by atoms with Crippen LogP contribution in [-0.2, 0) is 14.3 Å².